The van der Waals surface area contributed by atoms with Gasteiger partial charge < -0.3 is 8.74 Å². The fraction of sp³-hybridized carbons (Fsp3) is 0.0870. The molecule has 4 rings (SSSR count). The molecule has 0 spiro atoms. The van der Waals surface area contributed by atoms with Crippen LogP contribution in [0.25, 0.3) is 5.69 Å². The number of H-pyrrole nitrogens is 1. The molecule has 0 unspecified atom stereocenters. The summed E-state index contributed by atoms with van der Waals surface area (Å²) in [5, 5.41) is 10.6. The molecule has 15 heteroatoms. The van der Waals surface area contributed by atoms with Gasteiger partial charge in [-0.15, -0.1) is 5.11 Å². The summed E-state index contributed by atoms with van der Waals surface area (Å²) in [6, 6.07) is 15.3. The van der Waals surface area contributed by atoms with Crippen LogP contribution in [0.4, 0.5) is 11.4 Å². The van der Waals surface area contributed by atoms with Crippen molar-refractivity contribution < 1.29 is 55.1 Å². The van der Waals surface area contributed by atoms with Crippen LogP contribution in [0.15, 0.2) is 91.5 Å². The van der Waals surface area contributed by atoms with Gasteiger partial charge in [0.05, 0.1) is 22.0 Å². The number of hydrogen-bond donors (Lipinski definition) is 1. The Bertz CT molecular complexity index is 1780. The van der Waals surface area contributed by atoms with E-state index in [4.69, 9.17) is 15.8 Å². The van der Waals surface area contributed by atoms with Gasteiger partial charge in [0, 0.05) is 5.02 Å². The van der Waals surface area contributed by atoms with E-state index in [2.05, 4.69) is 15.3 Å². The van der Waals surface area contributed by atoms with Crippen LogP contribution in [0.3, 0.4) is 0 Å². The van der Waals surface area contributed by atoms with Crippen LogP contribution < -0.4 is 39.3 Å². The summed E-state index contributed by atoms with van der Waals surface area (Å²) in [5.74, 6) is 0.0498. The van der Waals surface area contributed by atoms with Crippen molar-refractivity contribution in [3.8, 4) is 11.4 Å². The summed E-state index contributed by atoms with van der Waals surface area (Å²) in [7, 11) is -8.97. The molecule has 0 aliphatic heterocycles. The molecular weight excluding hydrogens is 567 g/mol. The van der Waals surface area contributed by atoms with Gasteiger partial charge in [0.25, 0.3) is 5.56 Å². The molecule has 1 N–H and O–H groups in total. The Labute approximate surface area is 245 Å². The van der Waals surface area contributed by atoms with Gasteiger partial charge in [-0.05, 0) is 68.4 Å². The molecule has 0 amide bonds. The first-order valence-electron chi connectivity index (χ1n) is 10.5. The number of aromatic amines is 1. The SMILES string of the molecule is Cc1ccc(S(=O)(=O)Oc2ccc(N=Nc3c(C)[nH]n(-c4ccc(Cl)cc4S(=O)(=O)[O-])c3=O)cc2)cc1.[Na+]. The van der Waals surface area contributed by atoms with Crippen molar-refractivity contribution in [3.63, 3.8) is 0 Å². The van der Waals surface area contributed by atoms with Gasteiger partial charge in [-0.3, -0.25) is 9.89 Å². The first kappa shape index (κ1) is 29.8. The average Bonchev–Trinajstić information content (AvgIpc) is 3.11. The number of halogens is 1. The molecule has 3 aromatic carbocycles. The molecule has 0 atom stereocenters. The van der Waals surface area contributed by atoms with Crippen LogP contribution in [-0.2, 0) is 20.2 Å². The van der Waals surface area contributed by atoms with Crippen LogP contribution in [0, 0.1) is 13.8 Å². The Kier molecular flexibility index (Phi) is 9.04. The fourth-order valence-corrected chi connectivity index (χ4v) is 5.11. The zero-order valence-electron chi connectivity index (χ0n) is 20.2. The minimum absolute atomic E-state index is 0. The maximum absolute atomic E-state index is 12.9. The van der Waals surface area contributed by atoms with Crippen molar-refractivity contribution in [1.82, 2.24) is 9.78 Å². The summed E-state index contributed by atoms with van der Waals surface area (Å²) < 4.78 is 65.9. The zero-order valence-corrected chi connectivity index (χ0v) is 24.6. The largest absolute Gasteiger partial charge is 1.00 e. The predicted molar refractivity (Wildman–Crippen MR) is 134 cm³/mol. The Balaban J connectivity index is 0.00000400. The molecule has 0 aliphatic rings. The number of nitrogens with zero attached hydrogens (tertiary/aromatic N) is 3. The predicted octanol–water partition coefficient (Wildman–Crippen LogP) is 1.53. The quantitative estimate of drug-likeness (QED) is 0.149. The molecule has 0 saturated carbocycles. The third-order valence-corrected chi connectivity index (χ3v) is 7.45. The second-order valence-electron chi connectivity index (χ2n) is 7.84. The third-order valence-electron chi connectivity index (χ3n) is 5.09. The smallest absolute Gasteiger partial charge is 0.744 e. The molecular formula is C23H18ClN4NaO7S2. The van der Waals surface area contributed by atoms with Crippen molar-refractivity contribution >= 4 is 43.2 Å². The van der Waals surface area contributed by atoms with E-state index in [1.54, 1.807) is 12.1 Å². The van der Waals surface area contributed by atoms with Crippen molar-refractivity contribution in [2.45, 2.75) is 23.6 Å². The molecule has 0 aliphatic carbocycles. The maximum Gasteiger partial charge on any atom is 1.00 e. The number of aryl methyl sites for hydroxylation is 2. The van der Waals surface area contributed by atoms with E-state index >= 15 is 0 Å². The van der Waals surface area contributed by atoms with Crippen molar-refractivity contribution in [1.29, 1.82) is 0 Å². The van der Waals surface area contributed by atoms with Gasteiger partial charge in [-0.25, -0.2) is 13.1 Å². The monoisotopic (exact) mass is 584 g/mol. The molecule has 192 valence electrons. The van der Waals surface area contributed by atoms with E-state index < -0.39 is 30.7 Å². The molecule has 1 aromatic heterocycles. The van der Waals surface area contributed by atoms with E-state index in [1.165, 1.54) is 55.5 Å². The molecule has 4 aromatic rings. The number of benzene rings is 3. The second kappa shape index (κ2) is 11.5. The van der Waals surface area contributed by atoms with Crippen LogP contribution >= 0.6 is 11.6 Å². The van der Waals surface area contributed by atoms with Gasteiger partial charge in [-0.1, -0.05) is 29.3 Å². The number of hydrogen-bond acceptors (Lipinski definition) is 9. The van der Waals surface area contributed by atoms with Crippen LogP contribution in [0.2, 0.25) is 5.02 Å². The zero-order chi connectivity index (χ0) is 27.0. The molecule has 0 bridgehead atoms. The van der Waals surface area contributed by atoms with E-state index in [0.29, 0.717) is 0 Å². The summed E-state index contributed by atoms with van der Waals surface area (Å²) in [5.41, 5.74) is 0.333. The Hall–Kier alpha value is -2.78. The van der Waals surface area contributed by atoms with Crippen LogP contribution in [0.1, 0.15) is 11.3 Å². The average molecular weight is 585 g/mol. The van der Waals surface area contributed by atoms with Crippen molar-refractivity contribution in [3.05, 3.63) is 93.4 Å². The van der Waals surface area contributed by atoms with Crippen LogP contribution in [-0.4, -0.2) is 31.2 Å². The number of rotatable bonds is 7. The Morgan fingerprint density at radius 1 is 0.921 bits per heavy atom. The van der Waals surface area contributed by atoms with Gasteiger partial charge in [-0.2, -0.15) is 13.5 Å². The second-order valence-corrected chi connectivity index (χ2v) is 11.2. The van der Waals surface area contributed by atoms with E-state index in [9.17, 15) is 26.2 Å². The number of nitrogens with one attached hydrogen (secondary N) is 1. The number of aromatic nitrogens is 2. The van der Waals surface area contributed by atoms with Gasteiger partial charge in [0.1, 0.15) is 20.8 Å². The molecule has 1 heterocycles. The first-order chi connectivity index (χ1) is 17.3. The summed E-state index contributed by atoms with van der Waals surface area (Å²) in [6.45, 7) is 3.35. The standard InChI is InChI=1S/C23H19ClN4O7S2.Na/c1-14-3-10-19(11-4-14)37(33,34)35-18-8-6-17(7-9-18)25-26-22-15(2)27-28(23(22)29)20-12-5-16(24)13-21(20)36(30,31)32;/h3-13,27H,1-2H3,(H,30,31,32);/q;+1/p-1. The molecule has 0 fully saturated rings. The van der Waals surface area contributed by atoms with Crippen LogP contribution in [0.5, 0.6) is 5.75 Å². The van der Waals surface area contributed by atoms with Crippen molar-refractivity contribution in [2.24, 2.45) is 10.2 Å². The normalized spacial score (nSPS) is 11.9. The minimum atomic E-state index is -4.94. The number of azo groups is 1. The summed E-state index contributed by atoms with van der Waals surface area (Å²) in [4.78, 5) is 12.2. The molecule has 0 saturated heterocycles. The van der Waals surface area contributed by atoms with E-state index in [1.807, 2.05) is 6.92 Å². The van der Waals surface area contributed by atoms with E-state index in [-0.39, 0.29) is 68.0 Å². The molecule has 0 radical (unpaired) electrons. The maximum atomic E-state index is 12.9. The molecule has 11 nitrogen and oxygen atoms in total. The first-order valence-corrected chi connectivity index (χ1v) is 13.6. The summed E-state index contributed by atoms with van der Waals surface area (Å²) >= 11 is 5.81. The topological polar surface area (TPSA) is 163 Å². The fourth-order valence-electron chi connectivity index (χ4n) is 3.25. The Morgan fingerprint density at radius 3 is 2.16 bits per heavy atom. The van der Waals surface area contributed by atoms with Gasteiger partial charge in [0.15, 0.2) is 5.69 Å². The van der Waals surface area contributed by atoms with Gasteiger partial charge >= 0.3 is 39.7 Å². The molecule has 38 heavy (non-hydrogen) atoms. The summed E-state index contributed by atoms with van der Waals surface area (Å²) in [6.07, 6.45) is 0. The van der Waals surface area contributed by atoms with Crippen molar-refractivity contribution in [2.75, 3.05) is 0 Å². The third kappa shape index (κ3) is 6.61. The minimum Gasteiger partial charge on any atom is -0.744 e. The van der Waals surface area contributed by atoms with Gasteiger partial charge in [0.2, 0.25) is 0 Å². The Morgan fingerprint density at radius 2 is 1.55 bits per heavy atom. The van der Waals surface area contributed by atoms with E-state index in [0.717, 1.165) is 16.3 Å².